The van der Waals surface area contributed by atoms with Gasteiger partial charge >= 0.3 is 5.97 Å². The van der Waals surface area contributed by atoms with E-state index in [2.05, 4.69) is 21.0 Å². The van der Waals surface area contributed by atoms with Crippen molar-refractivity contribution in [1.82, 2.24) is 9.66 Å². The maximum absolute atomic E-state index is 13.6. The number of nitrogens with zero attached hydrogens (tertiary/aromatic N) is 3. The fourth-order valence-electron chi connectivity index (χ4n) is 4.05. The second kappa shape index (κ2) is 11.5. The molecule has 204 valence electrons. The molecule has 0 saturated heterocycles. The predicted octanol–water partition coefficient (Wildman–Crippen LogP) is 6.45. The molecule has 1 atom stereocenters. The number of para-hydroxylation sites is 2. The summed E-state index contributed by atoms with van der Waals surface area (Å²) < 4.78 is 23.9. The summed E-state index contributed by atoms with van der Waals surface area (Å²) in [6.45, 7) is 3.48. The number of methoxy groups -OCH3 is 1. The van der Waals surface area contributed by atoms with E-state index in [1.807, 2.05) is 36.4 Å². The zero-order chi connectivity index (χ0) is 28.4. The minimum Gasteiger partial charge on any atom is -0.493 e. The summed E-state index contributed by atoms with van der Waals surface area (Å²) in [5, 5.41) is 5.90. The van der Waals surface area contributed by atoms with Gasteiger partial charge in [-0.1, -0.05) is 41.9 Å². The first-order valence-electron chi connectivity index (χ1n) is 12.3. The number of hydrogen-bond acceptors (Lipinski definition) is 8. The average molecular weight is 625 g/mol. The summed E-state index contributed by atoms with van der Waals surface area (Å²) in [5.41, 5.74) is 1.27. The topological polar surface area (TPSA) is 105 Å². The Bertz CT molecular complexity index is 1800. The first-order valence-corrected chi connectivity index (χ1v) is 13.4. The van der Waals surface area contributed by atoms with Crippen LogP contribution in [0.3, 0.4) is 0 Å². The summed E-state index contributed by atoms with van der Waals surface area (Å²) in [6.07, 6.45) is 0.521. The van der Waals surface area contributed by atoms with Crippen molar-refractivity contribution in [3.8, 4) is 23.1 Å². The minimum atomic E-state index is -0.925. The highest BCUT2D eigenvalue weighted by molar-refractivity contribution is 9.10. The van der Waals surface area contributed by atoms with Crippen LogP contribution < -0.4 is 15.0 Å². The summed E-state index contributed by atoms with van der Waals surface area (Å²) in [6, 6.07) is 18.0. The lowest BCUT2D eigenvalue weighted by molar-refractivity contribution is -0.150. The SMILES string of the molecule is CCOC(=O)[C@H](C)Oc1c(OC)cc(C=Nn2c(-c3cc4ccccc4o3)nc3ccccc3c2=O)c(Br)c1Cl. The molecule has 0 aliphatic carbocycles. The molecule has 5 aromatic rings. The number of aromatic nitrogens is 2. The highest BCUT2D eigenvalue weighted by atomic mass is 79.9. The molecule has 0 saturated carbocycles. The largest absolute Gasteiger partial charge is 0.493 e. The Morgan fingerprint density at radius 1 is 1.20 bits per heavy atom. The lowest BCUT2D eigenvalue weighted by Crippen LogP contribution is -2.26. The van der Waals surface area contributed by atoms with Gasteiger partial charge in [0, 0.05) is 15.4 Å². The van der Waals surface area contributed by atoms with Gasteiger partial charge in [0.1, 0.15) is 10.6 Å². The van der Waals surface area contributed by atoms with Gasteiger partial charge < -0.3 is 18.6 Å². The van der Waals surface area contributed by atoms with E-state index in [0.29, 0.717) is 32.3 Å². The van der Waals surface area contributed by atoms with Crippen LogP contribution in [-0.2, 0) is 9.53 Å². The minimum absolute atomic E-state index is 0.151. The van der Waals surface area contributed by atoms with Gasteiger partial charge in [-0.25, -0.2) is 9.78 Å². The van der Waals surface area contributed by atoms with E-state index in [4.69, 9.17) is 35.2 Å². The number of carbonyl (C=O) groups excluding carboxylic acids is 1. The molecule has 0 aliphatic rings. The summed E-state index contributed by atoms with van der Waals surface area (Å²) in [7, 11) is 1.44. The molecule has 11 heteroatoms. The maximum atomic E-state index is 13.6. The molecule has 3 aromatic carbocycles. The normalized spacial score (nSPS) is 12.2. The van der Waals surface area contributed by atoms with Crippen LogP contribution >= 0.6 is 27.5 Å². The van der Waals surface area contributed by atoms with Crippen molar-refractivity contribution in [2.75, 3.05) is 13.7 Å². The third-order valence-corrected chi connectivity index (χ3v) is 7.44. The fourth-order valence-corrected chi connectivity index (χ4v) is 4.69. The predicted molar refractivity (Wildman–Crippen MR) is 157 cm³/mol. The van der Waals surface area contributed by atoms with E-state index < -0.39 is 12.1 Å². The molecule has 0 unspecified atom stereocenters. The number of carbonyl (C=O) groups is 1. The van der Waals surface area contributed by atoms with Gasteiger partial charge in [-0.2, -0.15) is 9.78 Å². The Morgan fingerprint density at radius 2 is 1.95 bits per heavy atom. The third-order valence-electron chi connectivity index (χ3n) is 6.00. The van der Waals surface area contributed by atoms with Crippen molar-refractivity contribution in [2.24, 2.45) is 5.10 Å². The van der Waals surface area contributed by atoms with Crippen molar-refractivity contribution in [3.05, 3.63) is 86.1 Å². The van der Waals surface area contributed by atoms with E-state index >= 15 is 0 Å². The lowest BCUT2D eigenvalue weighted by atomic mass is 10.2. The Hall–Kier alpha value is -4.15. The molecule has 0 N–H and O–H groups in total. The van der Waals surface area contributed by atoms with Crippen LogP contribution in [0.5, 0.6) is 11.5 Å². The van der Waals surface area contributed by atoms with E-state index in [1.54, 1.807) is 38.1 Å². The van der Waals surface area contributed by atoms with Gasteiger partial charge in [0.15, 0.2) is 23.4 Å². The second-order valence-electron chi connectivity index (χ2n) is 8.60. The molecule has 0 aliphatic heterocycles. The van der Waals surface area contributed by atoms with Gasteiger partial charge in [0.25, 0.3) is 5.56 Å². The molecule has 0 amide bonds. The van der Waals surface area contributed by atoms with Crippen molar-refractivity contribution in [3.63, 3.8) is 0 Å². The van der Waals surface area contributed by atoms with Crippen LogP contribution in [0.25, 0.3) is 33.5 Å². The van der Waals surface area contributed by atoms with Crippen LogP contribution in [0.2, 0.25) is 5.02 Å². The van der Waals surface area contributed by atoms with Crippen LogP contribution in [0.1, 0.15) is 19.4 Å². The van der Waals surface area contributed by atoms with E-state index in [1.165, 1.54) is 18.0 Å². The van der Waals surface area contributed by atoms with Crippen molar-refractivity contribution in [1.29, 1.82) is 0 Å². The second-order valence-corrected chi connectivity index (χ2v) is 9.77. The standard InChI is InChI=1S/C29H23BrClN3O6/c1-4-38-29(36)16(2)39-26-22(37-3)14-18(24(30)25(26)31)15-32-34-27(23-13-17-9-5-8-12-21(17)40-23)33-20-11-7-6-10-19(20)28(34)35/h5-16H,4H2,1-3H3/t16-/m0/s1. The zero-order valence-electron chi connectivity index (χ0n) is 21.7. The molecule has 5 rings (SSSR count). The Balaban J connectivity index is 1.61. The number of halogens is 2. The molecule has 0 radical (unpaired) electrons. The molecule has 0 fully saturated rings. The first-order chi connectivity index (χ1) is 19.3. The van der Waals surface area contributed by atoms with Crippen LogP contribution in [0.4, 0.5) is 0 Å². The number of furan rings is 1. The summed E-state index contributed by atoms with van der Waals surface area (Å²) in [5.74, 6) is 0.485. The van der Waals surface area contributed by atoms with Gasteiger partial charge in [-0.3, -0.25) is 4.79 Å². The van der Waals surface area contributed by atoms with Gasteiger partial charge in [0.05, 0.1) is 30.8 Å². The maximum Gasteiger partial charge on any atom is 0.347 e. The van der Waals surface area contributed by atoms with Crippen molar-refractivity contribution in [2.45, 2.75) is 20.0 Å². The number of rotatable bonds is 8. The van der Waals surface area contributed by atoms with Crippen LogP contribution in [-0.4, -0.2) is 41.7 Å². The third kappa shape index (κ3) is 5.20. The fraction of sp³-hybridized carbons (Fsp3) is 0.172. The Labute approximate surface area is 242 Å². The average Bonchev–Trinajstić information content (AvgIpc) is 3.40. The quantitative estimate of drug-likeness (QED) is 0.144. The molecule has 2 aromatic heterocycles. The first kappa shape index (κ1) is 27.4. The number of fused-ring (bicyclic) bond motifs is 2. The number of hydrogen-bond donors (Lipinski definition) is 0. The molecule has 40 heavy (non-hydrogen) atoms. The molecule has 9 nitrogen and oxygen atoms in total. The van der Waals surface area contributed by atoms with Gasteiger partial charge in [0.2, 0.25) is 5.82 Å². The summed E-state index contributed by atoms with van der Waals surface area (Å²) >= 11 is 10.1. The highest BCUT2D eigenvalue weighted by Gasteiger charge is 2.23. The van der Waals surface area contributed by atoms with Crippen LogP contribution in [0, 0.1) is 0 Å². The van der Waals surface area contributed by atoms with E-state index in [-0.39, 0.29) is 34.5 Å². The number of esters is 1. The molecule has 2 heterocycles. The monoisotopic (exact) mass is 623 g/mol. The zero-order valence-corrected chi connectivity index (χ0v) is 24.0. The Morgan fingerprint density at radius 3 is 2.70 bits per heavy atom. The highest BCUT2D eigenvalue weighted by Crippen LogP contribution is 2.42. The van der Waals surface area contributed by atoms with Crippen molar-refractivity contribution < 1.29 is 23.4 Å². The molecule has 0 spiro atoms. The molecular formula is C29H23BrClN3O6. The summed E-state index contributed by atoms with van der Waals surface area (Å²) in [4.78, 5) is 30.4. The van der Waals surface area contributed by atoms with Crippen LogP contribution in [0.15, 0.2) is 79.4 Å². The Kier molecular flexibility index (Phi) is 7.90. The lowest BCUT2D eigenvalue weighted by Gasteiger charge is -2.18. The number of benzene rings is 3. The van der Waals surface area contributed by atoms with Gasteiger partial charge in [-0.05, 0) is 60.1 Å². The molecular weight excluding hydrogens is 602 g/mol. The number of ether oxygens (including phenoxy) is 3. The van der Waals surface area contributed by atoms with E-state index in [9.17, 15) is 9.59 Å². The van der Waals surface area contributed by atoms with Gasteiger partial charge in [-0.15, -0.1) is 0 Å². The van der Waals surface area contributed by atoms with E-state index in [0.717, 1.165) is 5.39 Å². The smallest absolute Gasteiger partial charge is 0.347 e. The van der Waals surface area contributed by atoms with Crippen molar-refractivity contribution >= 4 is 61.6 Å². The molecule has 0 bridgehead atoms.